The summed E-state index contributed by atoms with van der Waals surface area (Å²) < 4.78 is 31.2. The zero-order valence-corrected chi connectivity index (χ0v) is 9.22. The van der Waals surface area contributed by atoms with Gasteiger partial charge in [-0.2, -0.15) is 4.98 Å². The third-order valence-electron chi connectivity index (χ3n) is 2.36. The lowest BCUT2D eigenvalue weighted by Gasteiger charge is -2.05. The monoisotopic (exact) mass is 263 g/mol. The van der Waals surface area contributed by atoms with Crippen molar-refractivity contribution in [1.82, 2.24) is 15.4 Å². The molecule has 0 spiro atoms. The van der Waals surface area contributed by atoms with Crippen LogP contribution in [-0.2, 0) is 0 Å². The molecule has 6 nitrogen and oxygen atoms in total. The molecule has 1 aromatic carbocycles. The van der Waals surface area contributed by atoms with Gasteiger partial charge in [-0.3, -0.25) is 10.2 Å². The third-order valence-corrected chi connectivity index (χ3v) is 2.36. The summed E-state index contributed by atoms with van der Waals surface area (Å²) in [5.41, 5.74) is 6.00. The summed E-state index contributed by atoms with van der Waals surface area (Å²) in [5.74, 6) is -2.13. The molecule has 0 aliphatic carbocycles. The number of fused-ring (bicyclic) bond motifs is 1. The van der Waals surface area contributed by atoms with Gasteiger partial charge in [0.15, 0.2) is 17.4 Å². The van der Waals surface area contributed by atoms with Crippen LogP contribution in [0.4, 0.5) is 14.6 Å². The predicted molar refractivity (Wildman–Crippen MR) is 58.6 cm³/mol. The minimum atomic E-state index is -0.877. The normalized spacial score (nSPS) is 12.6. The maximum Gasteiger partial charge on any atom is 0.324 e. The van der Waals surface area contributed by atoms with E-state index in [0.29, 0.717) is 6.07 Å². The number of rotatable bonds is 2. The molecule has 0 unspecified atom stereocenters. The first-order chi connectivity index (χ1) is 9.13. The van der Waals surface area contributed by atoms with Crippen molar-refractivity contribution in [3.63, 3.8) is 0 Å². The van der Waals surface area contributed by atoms with E-state index < -0.39 is 17.5 Å². The fraction of sp³-hybridized carbons (Fsp3) is 0. The lowest BCUT2D eigenvalue weighted by molar-refractivity contribution is 0.0969. The highest BCUT2D eigenvalue weighted by Crippen LogP contribution is 2.25. The molecule has 1 amide bonds. The van der Waals surface area contributed by atoms with Crippen LogP contribution >= 0.6 is 0 Å². The summed E-state index contributed by atoms with van der Waals surface area (Å²) in [6.07, 6.45) is 1.21. The molecular weight excluding hydrogens is 258 g/mol. The van der Waals surface area contributed by atoms with E-state index >= 15 is 0 Å². The van der Waals surface area contributed by atoms with E-state index in [4.69, 9.17) is 4.74 Å². The average molecular weight is 263 g/mol. The highest BCUT2D eigenvalue weighted by Gasteiger charge is 2.23. The smallest absolute Gasteiger partial charge is 0.324 e. The van der Waals surface area contributed by atoms with Gasteiger partial charge in [0.1, 0.15) is 11.4 Å². The van der Waals surface area contributed by atoms with Crippen molar-refractivity contribution < 1.29 is 18.3 Å². The number of carbonyl (C=O) groups excluding carboxylic acids is 1. The van der Waals surface area contributed by atoms with Crippen molar-refractivity contribution in [3.8, 4) is 11.8 Å². The Morgan fingerprint density at radius 3 is 2.89 bits per heavy atom. The molecule has 95 valence electrons. The van der Waals surface area contributed by atoms with Crippen LogP contribution in [0.15, 0.2) is 24.4 Å². The first kappa shape index (κ1) is 11.3. The van der Waals surface area contributed by atoms with Crippen LogP contribution in [0.5, 0.6) is 11.8 Å². The Morgan fingerprint density at radius 1 is 1.26 bits per heavy atom. The molecular formula is C11H5F2N4O2. The van der Waals surface area contributed by atoms with E-state index in [9.17, 15) is 13.6 Å². The molecule has 1 aliphatic heterocycles. The molecule has 1 aliphatic rings. The molecule has 8 heteroatoms. The van der Waals surface area contributed by atoms with Crippen molar-refractivity contribution in [2.24, 2.45) is 0 Å². The average Bonchev–Trinajstić information content (AvgIpc) is 2.74. The van der Waals surface area contributed by atoms with Gasteiger partial charge in [0.05, 0.1) is 0 Å². The highest BCUT2D eigenvalue weighted by atomic mass is 19.1. The van der Waals surface area contributed by atoms with Crippen LogP contribution in [0.3, 0.4) is 0 Å². The molecule has 3 rings (SSSR count). The van der Waals surface area contributed by atoms with Crippen molar-refractivity contribution in [2.75, 3.05) is 5.43 Å². The Morgan fingerprint density at radius 2 is 2.11 bits per heavy atom. The predicted octanol–water partition coefficient (Wildman–Crippen LogP) is 1.63. The van der Waals surface area contributed by atoms with Gasteiger partial charge < -0.3 is 4.74 Å². The Kier molecular flexibility index (Phi) is 2.48. The molecule has 1 aromatic heterocycles. The third kappa shape index (κ3) is 2.03. The Labute approximate surface area is 105 Å². The topological polar surface area (TPSA) is 78.2 Å². The van der Waals surface area contributed by atoms with Crippen LogP contribution in [0.25, 0.3) is 0 Å². The zero-order valence-electron chi connectivity index (χ0n) is 9.22. The summed E-state index contributed by atoms with van der Waals surface area (Å²) in [6, 6.07) is 2.66. The van der Waals surface area contributed by atoms with Crippen LogP contribution < -0.4 is 15.6 Å². The number of aromatic nitrogens is 2. The van der Waals surface area contributed by atoms with E-state index in [1.807, 2.05) is 0 Å². The van der Waals surface area contributed by atoms with Crippen LogP contribution in [0.1, 0.15) is 10.4 Å². The highest BCUT2D eigenvalue weighted by molar-refractivity contribution is 6.02. The maximum absolute atomic E-state index is 13.4. The number of carbonyl (C=O) groups is 1. The Bertz CT molecular complexity index is 678. The molecule has 0 bridgehead atoms. The fourth-order valence-corrected chi connectivity index (χ4v) is 1.48. The number of amides is 1. The molecule has 0 saturated heterocycles. The quantitative estimate of drug-likeness (QED) is 0.890. The first-order valence-electron chi connectivity index (χ1n) is 5.14. The summed E-state index contributed by atoms with van der Waals surface area (Å²) in [4.78, 5) is 18.8. The van der Waals surface area contributed by atoms with Crippen molar-refractivity contribution >= 4 is 11.7 Å². The van der Waals surface area contributed by atoms with Crippen LogP contribution in [0, 0.1) is 11.6 Å². The molecule has 2 heterocycles. The van der Waals surface area contributed by atoms with Gasteiger partial charge in [-0.25, -0.2) is 13.8 Å². The minimum Gasteiger partial charge on any atom is -0.421 e. The van der Waals surface area contributed by atoms with Crippen molar-refractivity contribution in [2.45, 2.75) is 0 Å². The molecule has 0 saturated carbocycles. The first-order valence-corrected chi connectivity index (χ1v) is 5.14. The number of anilines is 1. The molecule has 0 atom stereocenters. The van der Waals surface area contributed by atoms with E-state index in [1.54, 1.807) is 0 Å². The van der Waals surface area contributed by atoms with Gasteiger partial charge in [-0.05, 0) is 12.1 Å². The number of nitrogens with zero attached hydrogens (tertiary/aromatic N) is 3. The lowest BCUT2D eigenvalue weighted by atomic mass is 10.3. The minimum absolute atomic E-state index is 0.178. The molecule has 1 N–H and O–H groups in total. The summed E-state index contributed by atoms with van der Waals surface area (Å²) in [7, 11) is 0. The van der Waals surface area contributed by atoms with E-state index in [1.165, 1.54) is 6.20 Å². The second-order valence-corrected chi connectivity index (χ2v) is 3.62. The maximum atomic E-state index is 13.4. The number of ether oxygens (including phenoxy) is 1. The summed E-state index contributed by atoms with van der Waals surface area (Å²) in [5, 5.41) is 0. The van der Waals surface area contributed by atoms with Crippen molar-refractivity contribution in [3.05, 3.63) is 41.6 Å². The van der Waals surface area contributed by atoms with Gasteiger partial charge in [0, 0.05) is 12.3 Å². The second kappa shape index (κ2) is 4.16. The van der Waals surface area contributed by atoms with Gasteiger partial charge in [0.2, 0.25) is 0 Å². The fourth-order valence-electron chi connectivity index (χ4n) is 1.48. The second-order valence-electron chi connectivity index (χ2n) is 3.62. The van der Waals surface area contributed by atoms with Gasteiger partial charge in [-0.15, -0.1) is 5.43 Å². The zero-order chi connectivity index (χ0) is 13.4. The summed E-state index contributed by atoms with van der Waals surface area (Å²) in [6.45, 7) is 0. The van der Waals surface area contributed by atoms with E-state index in [-0.39, 0.29) is 23.1 Å². The van der Waals surface area contributed by atoms with Crippen LogP contribution in [-0.4, -0.2) is 15.9 Å². The Hall–Kier alpha value is -2.77. The number of nitrogens with one attached hydrogen (secondary N) is 1. The van der Waals surface area contributed by atoms with Gasteiger partial charge in [0.25, 0.3) is 5.91 Å². The summed E-state index contributed by atoms with van der Waals surface area (Å²) >= 11 is 0. The number of hydrogen-bond acceptors (Lipinski definition) is 5. The molecule has 0 fully saturated rings. The standard InChI is InChI=1S/C11H5F2N4O2/c12-5-1-2-8(7(13)3-5)19-11-14-4-6-9(15-11)16-17-10(6)18/h1-4H,(H,14,15,16). The van der Waals surface area contributed by atoms with Crippen LogP contribution in [0.2, 0.25) is 0 Å². The molecule has 2 aromatic rings. The number of halogens is 2. The van der Waals surface area contributed by atoms with E-state index in [0.717, 1.165) is 12.1 Å². The lowest BCUT2D eigenvalue weighted by Crippen LogP contribution is -2.10. The van der Waals surface area contributed by atoms with E-state index in [2.05, 4.69) is 20.8 Å². The van der Waals surface area contributed by atoms with Gasteiger partial charge >= 0.3 is 6.01 Å². The molecule has 1 radical (unpaired) electrons. The van der Waals surface area contributed by atoms with Crippen molar-refractivity contribution in [1.29, 1.82) is 0 Å². The molecule has 19 heavy (non-hydrogen) atoms. The number of hydrogen-bond donors (Lipinski definition) is 1. The SMILES string of the molecule is O=C1[N]Nc2nc(Oc3ccc(F)cc3F)ncc21. The largest absolute Gasteiger partial charge is 0.421 e. The van der Waals surface area contributed by atoms with Gasteiger partial charge in [-0.1, -0.05) is 0 Å². The Balaban J connectivity index is 1.90. The number of benzene rings is 1.